The second-order valence-corrected chi connectivity index (χ2v) is 18.8. The Morgan fingerprint density at radius 3 is 0.944 bits per heavy atom. The molecule has 0 aromatic heterocycles. The predicted octanol–water partition coefficient (Wildman–Crippen LogP) is 19.6. The van der Waals surface area contributed by atoms with Gasteiger partial charge in [-0.3, -0.25) is 14.4 Å². The molecule has 0 spiro atoms. The fraction of sp³-hybridized carbons (Fsp3) is 0.646. The molecule has 0 aliphatic rings. The van der Waals surface area contributed by atoms with Crippen LogP contribution in [0.15, 0.2) is 122 Å². The molecule has 0 saturated heterocycles. The number of esters is 3. The number of ether oxygens (including phenoxy) is 3. The van der Waals surface area contributed by atoms with Crippen molar-refractivity contribution < 1.29 is 28.6 Å². The van der Waals surface area contributed by atoms with E-state index in [1.54, 1.807) is 0 Å². The molecule has 0 heterocycles. The highest BCUT2D eigenvalue weighted by Crippen LogP contribution is 2.15. The van der Waals surface area contributed by atoms with E-state index in [4.69, 9.17) is 14.2 Å². The molecule has 0 amide bonds. The Labute approximate surface area is 437 Å². The molecule has 0 radical (unpaired) electrons. The minimum atomic E-state index is -0.824. The van der Waals surface area contributed by atoms with Gasteiger partial charge in [-0.25, -0.2) is 0 Å². The molecule has 0 aliphatic heterocycles. The van der Waals surface area contributed by atoms with Gasteiger partial charge in [0.05, 0.1) is 0 Å². The third kappa shape index (κ3) is 56.6. The topological polar surface area (TPSA) is 78.9 Å². The van der Waals surface area contributed by atoms with E-state index in [9.17, 15) is 14.4 Å². The van der Waals surface area contributed by atoms with Crippen LogP contribution in [0.25, 0.3) is 0 Å². The zero-order valence-corrected chi connectivity index (χ0v) is 45.9. The van der Waals surface area contributed by atoms with Gasteiger partial charge in [-0.1, -0.05) is 258 Å². The fourth-order valence-electron chi connectivity index (χ4n) is 7.69. The number of unbranched alkanes of at least 4 members (excludes halogenated alkanes) is 20. The van der Waals surface area contributed by atoms with Crippen LogP contribution in [0, 0.1) is 0 Å². The van der Waals surface area contributed by atoms with Gasteiger partial charge in [0.2, 0.25) is 0 Å². The Bertz CT molecular complexity index is 1500. The average Bonchev–Trinajstić information content (AvgIpc) is 3.37. The lowest BCUT2D eigenvalue weighted by atomic mass is 10.0. The van der Waals surface area contributed by atoms with Gasteiger partial charge in [0.15, 0.2) is 6.10 Å². The first kappa shape index (κ1) is 66.8. The third-order valence-electron chi connectivity index (χ3n) is 12.0. The molecule has 0 saturated carbocycles. The number of rotatable bonds is 51. The van der Waals surface area contributed by atoms with Gasteiger partial charge in [-0.05, 0) is 96.3 Å². The maximum absolute atomic E-state index is 12.9. The molecular formula is C65H106O6. The summed E-state index contributed by atoms with van der Waals surface area (Å²) in [5.74, 6) is -1.03. The van der Waals surface area contributed by atoms with Crippen LogP contribution in [-0.2, 0) is 28.6 Å². The summed E-state index contributed by atoms with van der Waals surface area (Å²) in [6.07, 6.45) is 80.6. The monoisotopic (exact) mass is 983 g/mol. The van der Waals surface area contributed by atoms with Crippen LogP contribution in [0.1, 0.15) is 252 Å². The molecule has 1 unspecified atom stereocenters. The number of hydrogen-bond acceptors (Lipinski definition) is 6. The van der Waals surface area contributed by atoms with Crippen molar-refractivity contribution in [2.45, 2.75) is 258 Å². The van der Waals surface area contributed by atoms with E-state index in [1.165, 1.54) is 96.3 Å². The van der Waals surface area contributed by atoms with Crippen LogP contribution in [0.3, 0.4) is 0 Å². The molecule has 0 aromatic carbocycles. The van der Waals surface area contributed by atoms with E-state index in [1.807, 2.05) is 6.08 Å². The van der Waals surface area contributed by atoms with Crippen LogP contribution >= 0.6 is 0 Å². The first-order chi connectivity index (χ1) is 35.0. The largest absolute Gasteiger partial charge is 0.462 e. The molecule has 0 fully saturated rings. The van der Waals surface area contributed by atoms with Crippen molar-refractivity contribution in [3.05, 3.63) is 122 Å². The van der Waals surface area contributed by atoms with Gasteiger partial charge in [0.1, 0.15) is 13.2 Å². The lowest BCUT2D eigenvalue weighted by molar-refractivity contribution is -0.166. The number of hydrogen-bond donors (Lipinski definition) is 0. The summed E-state index contributed by atoms with van der Waals surface area (Å²) in [5.41, 5.74) is 0. The summed E-state index contributed by atoms with van der Waals surface area (Å²) in [6.45, 7) is 6.33. The molecule has 6 nitrogen and oxygen atoms in total. The first-order valence-electron chi connectivity index (χ1n) is 29.0. The van der Waals surface area contributed by atoms with Crippen LogP contribution in [0.4, 0.5) is 0 Å². The zero-order chi connectivity index (χ0) is 51.4. The van der Waals surface area contributed by atoms with Crippen molar-refractivity contribution in [1.82, 2.24) is 0 Å². The highest BCUT2D eigenvalue weighted by Gasteiger charge is 2.19. The second kappa shape index (κ2) is 58.4. The fourth-order valence-corrected chi connectivity index (χ4v) is 7.69. The quantitative estimate of drug-likeness (QED) is 0.0261. The minimum Gasteiger partial charge on any atom is -0.462 e. The molecule has 0 N–H and O–H groups in total. The van der Waals surface area contributed by atoms with E-state index in [0.717, 1.165) is 109 Å². The van der Waals surface area contributed by atoms with Gasteiger partial charge in [-0.2, -0.15) is 0 Å². The molecular weight excluding hydrogens is 877 g/mol. The van der Waals surface area contributed by atoms with Crippen molar-refractivity contribution in [2.75, 3.05) is 13.2 Å². The van der Waals surface area contributed by atoms with E-state index in [0.29, 0.717) is 19.3 Å². The molecule has 0 aliphatic carbocycles. The van der Waals surface area contributed by atoms with Crippen LogP contribution < -0.4 is 0 Å². The summed E-state index contributed by atoms with van der Waals surface area (Å²) in [6, 6.07) is 0. The minimum absolute atomic E-state index is 0.119. The molecule has 402 valence electrons. The van der Waals surface area contributed by atoms with Gasteiger partial charge in [0.25, 0.3) is 0 Å². The molecule has 6 heteroatoms. The van der Waals surface area contributed by atoms with Gasteiger partial charge < -0.3 is 14.2 Å². The maximum Gasteiger partial charge on any atom is 0.306 e. The van der Waals surface area contributed by atoms with Crippen LogP contribution in [0.5, 0.6) is 0 Å². The lowest BCUT2D eigenvalue weighted by Crippen LogP contribution is -2.30. The number of carbonyl (C=O) groups is 3. The summed E-state index contributed by atoms with van der Waals surface area (Å²) >= 11 is 0. The van der Waals surface area contributed by atoms with E-state index >= 15 is 0 Å². The second-order valence-electron chi connectivity index (χ2n) is 18.8. The predicted molar refractivity (Wildman–Crippen MR) is 306 cm³/mol. The Balaban J connectivity index is 4.54. The number of carbonyl (C=O) groups excluding carboxylic acids is 3. The number of allylic oxidation sites excluding steroid dienone is 20. The Morgan fingerprint density at radius 1 is 0.296 bits per heavy atom. The summed E-state index contributed by atoms with van der Waals surface area (Å²) < 4.78 is 16.8. The van der Waals surface area contributed by atoms with Gasteiger partial charge >= 0.3 is 17.9 Å². The van der Waals surface area contributed by atoms with Crippen molar-refractivity contribution in [2.24, 2.45) is 0 Å². The molecule has 0 rings (SSSR count). The normalized spacial score (nSPS) is 13.0. The van der Waals surface area contributed by atoms with Crippen molar-refractivity contribution in [3.63, 3.8) is 0 Å². The van der Waals surface area contributed by atoms with E-state index in [2.05, 4.69) is 136 Å². The van der Waals surface area contributed by atoms with Crippen molar-refractivity contribution in [3.8, 4) is 0 Å². The molecule has 1 atom stereocenters. The van der Waals surface area contributed by atoms with Crippen molar-refractivity contribution >= 4 is 17.9 Å². The molecule has 71 heavy (non-hydrogen) atoms. The van der Waals surface area contributed by atoms with Gasteiger partial charge in [0, 0.05) is 19.3 Å². The van der Waals surface area contributed by atoms with Crippen LogP contribution in [-0.4, -0.2) is 37.2 Å². The summed E-state index contributed by atoms with van der Waals surface area (Å²) in [4.78, 5) is 38.2. The highest BCUT2D eigenvalue weighted by molar-refractivity contribution is 5.71. The lowest BCUT2D eigenvalue weighted by Gasteiger charge is -2.18. The van der Waals surface area contributed by atoms with Crippen LogP contribution in [0.2, 0.25) is 0 Å². The van der Waals surface area contributed by atoms with Gasteiger partial charge in [-0.15, -0.1) is 0 Å². The Hall–Kier alpha value is -4.19. The van der Waals surface area contributed by atoms with Crippen molar-refractivity contribution in [1.29, 1.82) is 0 Å². The standard InChI is InChI=1S/C65H106O6/c1-4-7-10-13-16-19-22-25-28-31-33-35-37-40-43-46-49-52-55-58-64(67)70-61-62(60-69-63(66)57-54-51-48-45-42-39-36-30-27-24-21-18-15-12-9-6-3)71-65(68)59-56-53-50-47-44-41-38-34-32-29-26-23-20-17-14-11-8-5-2/h7,9-10,12,16,18-19,21,25,27-28,30,33,35,39-40,42-43,49,52,62H,4-6,8,11,13-15,17,20,22-24,26,29,31-32,34,36-38,41,44-48,50-51,53-61H2,1-3H3/b10-7-,12-9-,19-16-,21-18-,28-25-,30-27-,35-33-,42-39-,43-40-,52-49-. The Kier molecular flexibility index (Phi) is 54.9. The van der Waals surface area contributed by atoms with E-state index in [-0.39, 0.29) is 37.5 Å². The Morgan fingerprint density at radius 2 is 0.577 bits per heavy atom. The molecule has 0 aromatic rings. The molecule has 0 bridgehead atoms. The summed E-state index contributed by atoms with van der Waals surface area (Å²) in [7, 11) is 0. The highest BCUT2D eigenvalue weighted by atomic mass is 16.6. The smallest absolute Gasteiger partial charge is 0.306 e. The summed E-state index contributed by atoms with van der Waals surface area (Å²) in [5, 5.41) is 0. The third-order valence-corrected chi connectivity index (χ3v) is 12.0. The van der Waals surface area contributed by atoms with E-state index < -0.39 is 6.10 Å². The SMILES string of the molecule is CC/C=C\C/C=C\C/C=C\C/C=C\C/C=C\C/C=C\CCC(=O)OCC(COC(=O)CCCCC/C=C\C/C=C\C/C=C\C/C=C\CC)OC(=O)CCCCCCCCCCCCCCCCCCCC. The average molecular weight is 984 g/mol. The maximum atomic E-state index is 12.9. The first-order valence-corrected chi connectivity index (χ1v) is 29.0. The zero-order valence-electron chi connectivity index (χ0n) is 45.9.